The van der Waals surface area contributed by atoms with Crippen LogP contribution < -0.4 is 10.6 Å². The van der Waals surface area contributed by atoms with Crippen LogP contribution in [0.25, 0.3) is 0 Å². The Morgan fingerprint density at radius 3 is 2.71 bits per heavy atom. The van der Waals surface area contributed by atoms with Gasteiger partial charge in [0.15, 0.2) is 5.82 Å². The highest BCUT2D eigenvalue weighted by molar-refractivity contribution is 5.44. The van der Waals surface area contributed by atoms with E-state index in [0.717, 1.165) is 23.8 Å². The van der Waals surface area contributed by atoms with Gasteiger partial charge in [0.2, 0.25) is 0 Å². The van der Waals surface area contributed by atoms with E-state index >= 15 is 0 Å². The standard InChI is InChI=1S/C13H22N4/c1-10-9-15-11(2)13(16-10)17(8-7-14)12-5-3-4-6-12/h9,12H,3-8,14H2,1-2H3. The van der Waals surface area contributed by atoms with Gasteiger partial charge in [-0.05, 0) is 26.7 Å². The number of rotatable bonds is 4. The minimum absolute atomic E-state index is 0.605. The molecule has 94 valence electrons. The normalized spacial score (nSPS) is 16.4. The molecule has 2 N–H and O–H groups in total. The zero-order chi connectivity index (χ0) is 12.3. The van der Waals surface area contributed by atoms with Gasteiger partial charge >= 0.3 is 0 Å². The summed E-state index contributed by atoms with van der Waals surface area (Å²) in [5.41, 5.74) is 7.72. The van der Waals surface area contributed by atoms with Gasteiger partial charge in [0.05, 0.1) is 11.4 Å². The van der Waals surface area contributed by atoms with E-state index < -0.39 is 0 Å². The fraction of sp³-hybridized carbons (Fsp3) is 0.692. The van der Waals surface area contributed by atoms with Crippen molar-refractivity contribution in [1.82, 2.24) is 9.97 Å². The van der Waals surface area contributed by atoms with E-state index in [0.29, 0.717) is 12.6 Å². The zero-order valence-corrected chi connectivity index (χ0v) is 10.8. The molecule has 0 amide bonds. The predicted molar refractivity (Wildman–Crippen MR) is 70.2 cm³/mol. The summed E-state index contributed by atoms with van der Waals surface area (Å²) in [4.78, 5) is 11.4. The maximum Gasteiger partial charge on any atom is 0.150 e. The third-order valence-corrected chi connectivity index (χ3v) is 3.46. The highest BCUT2D eigenvalue weighted by Crippen LogP contribution is 2.28. The highest BCUT2D eigenvalue weighted by atomic mass is 15.2. The molecule has 1 aromatic rings. The van der Waals surface area contributed by atoms with Crippen molar-refractivity contribution in [1.29, 1.82) is 0 Å². The summed E-state index contributed by atoms with van der Waals surface area (Å²) in [6, 6.07) is 0.605. The average molecular weight is 234 g/mol. The van der Waals surface area contributed by atoms with Crippen molar-refractivity contribution in [2.24, 2.45) is 5.73 Å². The van der Waals surface area contributed by atoms with Gasteiger partial charge in [0.25, 0.3) is 0 Å². The Morgan fingerprint density at radius 1 is 1.35 bits per heavy atom. The van der Waals surface area contributed by atoms with Crippen molar-refractivity contribution >= 4 is 5.82 Å². The van der Waals surface area contributed by atoms with Crippen LogP contribution in [0.2, 0.25) is 0 Å². The summed E-state index contributed by atoms with van der Waals surface area (Å²) < 4.78 is 0. The molecule has 0 saturated heterocycles. The predicted octanol–water partition coefficient (Wildman–Crippen LogP) is 1.80. The molecule has 0 aromatic carbocycles. The lowest BCUT2D eigenvalue weighted by Crippen LogP contribution is -2.38. The molecule has 0 spiro atoms. The number of aryl methyl sites for hydroxylation is 2. The molecule has 1 heterocycles. The third-order valence-electron chi connectivity index (χ3n) is 3.46. The first-order valence-electron chi connectivity index (χ1n) is 6.49. The Labute approximate surface area is 103 Å². The number of anilines is 1. The molecule has 0 aliphatic heterocycles. The van der Waals surface area contributed by atoms with E-state index in [-0.39, 0.29) is 0 Å². The third kappa shape index (κ3) is 2.75. The lowest BCUT2D eigenvalue weighted by atomic mass is 10.2. The van der Waals surface area contributed by atoms with Crippen LogP contribution in [0.1, 0.15) is 37.1 Å². The smallest absolute Gasteiger partial charge is 0.150 e. The van der Waals surface area contributed by atoms with Crippen molar-refractivity contribution in [3.8, 4) is 0 Å². The van der Waals surface area contributed by atoms with Gasteiger partial charge in [-0.2, -0.15) is 0 Å². The van der Waals surface area contributed by atoms with E-state index in [1.807, 2.05) is 20.0 Å². The Balaban J connectivity index is 2.27. The number of aromatic nitrogens is 2. The van der Waals surface area contributed by atoms with E-state index in [1.165, 1.54) is 25.7 Å². The molecule has 4 nitrogen and oxygen atoms in total. The Bertz CT molecular complexity index is 372. The van der Waals surface area contributed by atoms with Gasteiger partial charge in [-0.25, -0.2) is 4.98 Å². The largest absolute Gasteiger partial charge is 0.351 e. The quantitative estimate of drug-likeness (QED) is 0.863. The highest BCUT2D eigenvalue weighted by Gasteiger charge is 2.24. The number of nitrogens with zero attached hydrogens (tertiary/aromatic N) is 3. The first-order valence-corrected chi connectivity index (χ1v) is 6.49. The molecule has 0 atom stereocenters. The van der Waals surface area contributed by atoms with E-state index in [2.05, 4.69) is 14.9 Å². The maximum atomic E-state index is 5.73. The van der Waals surface area contributed by atoms with Crippen LogP contribution in [-0.4, -0.2) is 29.1 Å². The molecular formula is C13H22N4. The lowest BCUT2D eigenvalue weighted by molar-refractivity contribution is 0.598. The molecule has 0 unspecified atom stereocenters. The SMILES string of the molecule is Cc1cnc(C)c(N(CCN)C2CCCC2)n1. The Kier molecular flexibility index (Phi) is 3.94. The van der Waals surface area contributed by atoms with Crippen LogP contribution in [0.15, 0.2) is 6.20 Å². The summed E-state index contributed by atoms with van der Waals surface area (Å²) in [5.74, 6) is 1.03. The molecule has 1 aliphatic carbocycles. The fourth-order valence-electron chi connectivity index (χ4n) is 2.61. The van der Waals surface area contributed by atoms with Crippen LogP contribution in [0.3, 0.4) is 0 Å². The molecular weight excluding hydrogens is 212 g/mol. The zero-order valence-electron chi connectivity index (χ0n) is 10.8. The summed E-state index contributed by atoms with van der Waals surface area (Å²) >= 11 is 0. The van der Waals surface area contributed by atoms with Gasteiger partial charge < -0.3 is 10.6 Å². The van der Waals surface area contributed by atoms with Crippen LogP contribution >= 0.6 is 0 Å². The topological polar surface area (TPSA) is 55.0 Å². The van der Waals surface area contributed by atoms with Crippen LogP contribution in [0.5, 0.6) is 0 Å². The molecule has 1 saturated carbocycles. The molecule has 0 radical (unpaired) electrons. The Hall–Kier alpha value is -1.16. The molecule has 1 aromatic heterocycles. The van der Waals surface area contributed by atoms with Crippen molar-refractivity contribution < 1.29 is 0 Å². The van der Waals surface area contributed by atoms with Gasteiger partial charge in [0.1, 0.15) is 0 Å². The molecule has 1 fully saturated rings. The van der Waals surface area contributed by atoms with E-state index in [4.69, 9.17) is 5.73 Å². The summed E-state index contributed by atoms with van der Waals surface area (Å²) in [7, 11) is 0. The Morgan fingerprint density at radius 2 is 2.06 bits per heavy atom. The lowest BCUT2D eigenvalue weighted by Gasteiger charge is -2.30. The van der Waals surface area contributed by atoms with Crippen molar-refractivity contribution in [2.45, 2.75) is 45.6 Å². The summed E-state index contributed by atoms with van der Waals surface area (Å²) in [6.45, 7) is 5.57. The monoisotopic (exact) mass is 234 g/mol. The van der Waals surface area contributed by atoms with Crippen molar-refractivity contribution in [3.63, 3.8) is 0 Å². The number of hydrogen-bond donors (Lipinski definition) is 1. The molecule has 0 bridgehead atoms. The van der Waals surface area contributed by atoms with Gasteiger partial charge in [-0.15, -0.1) is 0 Å². The van der Waals surface area contributed by atoms with Gasteiger partial charge in [0, 0.05) is 25.3 Å². The van der Waals surface area contributed by atoms with Crippen LogP contribution in [0, 0.1) is 13.8 Å². The van der Waals surface area contributed by atoms with Crippen molar-refractivity contribution in [3.05, 3.63) is 17.6 Å². The molecule has 4 heteroatoms. The molecule has 2 rings (SSSR count). The van der Waals surface area contributed by atoms with E-state index in [9.17, 15) is 0 Å². The first kappa shape index (κ1) is 12.3. The maximum absolute atomic E-state index is 5.73. The van der Waals surface area contributed by atoms with Gasteiger partial charge in [-0.3, -0.25) is 4.98 Å². The summed E-state index contributed by atoms with van der Waals surface area (Å²) in [5, 5.41) is 0. The summed E-state index contributed by atoms with van der Waals surface area (Å²) in [6.07, 6.45) is 6.99. The van der Waals surface area contributed by atoms with Crippen molar-refractivity contribution in [2.75, 3.05) is 18.0 Å². The van der Waals surface area contributed by atoms with E-state index in [1.54, 1.807) is 0 Å². The average Bonchev–Trinajstić information content (AvgIpc) is 2.83. The van der Waals surface area contributed by atoms with Crippen LogP contribution in [0.4, 0.5) is 5.82 Å². The van der Waals surface area contributed by atoms with Crippen LogP contribution in [-0.2, 0) is 0 Å². The second kappa shape index (κ2) is 5.45. The first-order chi connectivity index (χ1) is 8.22. The second-order valence-electron chi connectivity index (χ2n) is 4.84. The second-order valence-corrected chi connectivity index (χ2v) is 4.84. The van der Waals surface area contributed by atoms with Gasteiger partial charge in [-0.1, -0.05) is 12.8 Å². The molecule has 1 aliphatic rings. The number of nitrogens with two attached hydrogens (primary N) is 1. The molecule has 17 heavy (non-hydrogen) atoms. The minimum atomic E-state index is 0.605. The fourth-order valence-corrected chi connectivity index (χ4v) is 2.61. The minimum Gasteiger partial charge on any atom is -0.351 e. The number of hydrogen-bond acceptors (Lipinski definition) is 4.